The van der Waals surface area contributed by atoms with E-state index in [1.807, 2.05) is 6.08 Å². The molecule has 1 aliphatic rings. The fourth-order valence-corrected chi connectivity index (χ4v) is 1.88. The zero-order valence-electron chi connectivity index (χ0n) is 8.72. The van der Waals surface area contributed by atoms with Crippen molar-refractivity contribution in [1.82, 2.24) is 5.32 Å². The van der Waals surface area contributed by atoms with Crippen LogP contribution in [0.25, 0.3) is 0 Å². The number of rotatable bonds is 3. The van der Waals surface area contributed by atoms with Crippen LogP contribution in [0.5, 0.6) is 0 Å². The quantitative estimate of drug-likeness (QED) is 0.669. The molecule has 0 aliphatic heterocycles. The molecule has 0 aromatic carbocycles. The molecule has 0 aromatic heterocycles. The summed E-state index contributed by atoms with van der Waals surface area (Å²) in [7, 11) is 0. The Bertz CT molecular complexity index is 302. The molecule has 1 rings (SSSR count). The van der Waals surface area contributed by atoms with Gasteiger partial charge in [0.05, 0.1) is 6.54 Å². The van der Waals surface area contributed by atoms with E-state index in [0.29, 0.717) is 12.6 Å². The first-order chi connectivity index (χ1) is 6.83. The van der Waals surface area contributed by atoms with Crippen molar-refractivity contribution in [2.45, 2.75) is 25.8 Å². The Labute approximate surface area is 86.6 Å². The summed E-state index contributed by atoms with van der Waals surface area (Å²) < 4.78 is 0. The summed E-state index contributed by atoms with van der Waals surface area (Å²) in [6.07, 6.45) is 13.6. The van der Waals surface area contributed by atoms with Gasteiger partial charge in [-0.15, -0.1) is 6.42 Å². The Morgan fingerprint density at radius 3 is 3.07 bits per heavy atom. The van der Waals surface area contributed by atoms with E-state index in [1.54, 1.807) is 0 Å². The average Bonchev–Trinajstić information content (AvgIpc) is 2.58. The zero-order chi connectivity index (χ0) is 10.4. The topological polar surface area (TPSA) is 12.0 Å². The molecule has 0 saturated heterocycles. The van der Waals surface area contributed by atoms with E-state index in [0.717, 1.165) is 12.8 Å². The third-order valence-corrected chi connectivity index (χ3v) is 2.54. The van der Waals surface area contributed by atoms with Crippen molar-refractivity contribution in [3.63, 3.8) is 0 Å². The highest BCUT2D eigenvalue weighted by Gasteiger charge is 2.23. The molecular weight excluding hydrogens is 170 g/mol. The van der Waals surface area contributed by atoms with Gasteiger partial charge in [-0.3, -0.25) is 5.32 Å². The van der Waals surface area contributed by atoms with E-state index in [2.05, 4.69) is 36.9 Å². The molecule has 1 heteroatoms. The standard InChI is InChI=1S/C13H17N/c1-4-7-12-11(6-3)8-9-13(12)14-10-5-2/h2,4,6-7,13-14H,1,8-10H2,3H3/b11-6-,12-7+. The Hall–Kier alpha value is -1.26. The Kier molecular flexibility index (Phi) is 4.22. The first kappa shape index (κ1) is 10.8. The summed E-state index contributed by atoms with van der Waals surface area (Å²) in [5.74, 6) is 2.61. The molecule has 0 bridgehead atoms. The molecule has 1 aliphatic carbocycles. The minimum Gasteiger partial charge on any atom is -0.299 e. The molecular formula is C13H17N. The van der Waals surface area contributed by atoms with Crippen molar-refractivity contribution in [2.24, 2.45) is 0 Å². The van der Waals surface area contributed by atoms with Gasteiger partial charge >= 0.3 is 0 Å². The highest BCUT2D eigenvalue weighted by Crippen LogP contribution is 2.30. The lowest BCUT2D eigenvalue weighted by Crippen LogP contribution is -2.27. The van der Waals surface area contributed by atoms with Crippen molar-refractivity contribution < 1.29 is 0 Å². The first-order valence-electron chi connectivity index (χ1n) is 4.98. The van der Waals surface area contributed by atoms with Crippen LogP contribution in [0.15, 0.2) is 36.0 Å². The molecule has 0 heterocycles. The third kappa shape index (κ3) is 2.37. The van der Waals surface area contributed by atoms with Crippen molar-refractivity contribution >= 4 is 0 Å². The summed E-state index contributed by atoms with van der Waals surface area (Å²) in [6, 6.07) is 0.412. The van der Waals surface area contributed by atoms with Crippen LogP contribution in [0.3, 0.4) is 0 Å². The lowest BCUT2D eigenvalue weighted by atomic mass is 10.1. The SMILES string of the molecule is C#CCNC1CCC(=C/C)/C1=C\C=C. The molecule has 1 saturated carbocycles. The predicted molar refractivity (Wildman–Crippen MR) is 61.9 cm³/mol. The molecule has 1 fully saturated rings. The van der Waals surface area contributed by atoms with Crippen molar-refractivity contribution in [2.75, 3.05) is 6.54 Å². The Morgan fingerprint density at radius 1 is 1.71 bits per heavy atom. The lowest BCUT2D eigenvalue weighted by molar-refractivity contribution is 0.622. The maximum atomic E-state index is 5.23. The van der Waals surface area contributed by atoms with Crippen LogP contribution in [0, 0.1) is 12.3 Å². The Morgan fingerprint density at radius 2 is 2.50 bits per heavy atom. The van der Waals surface area contributed by atoms with Crippen molar-refractivity contribution in [3.8, 4) is 12.3 Å². The fourth-order valence-electron chi connectivity index (χ4n) is 1.88. The van der Waals surface area contributed by atoms with Gasteiger partial charge in [-0.25, -0.2) is 0 Å². The van der Waals surface area contributed by atoms with Gasteiger partial charge in [0.2, 0.25) is 0 Å². The lowest BCUT2D eigenvalue weighted by Gasteiger charge is -2.12. The van der Waals surface area contributed by atoms with Crippen molar-refractivity contribution in [1.29, 1.82) is 0 Å². The second-order valence-corrected chi connectivity index (χ2v) is 3.35. The number of nitrogens with one attached hydrogen (secondary N) is 1. The van der Waals surface area contributed by atoms with Gasteiger partial charge in [-0.2, -0.15) is 0 Å². The van der Waals surface area contributed by atoms with Crippen LogP contribution in [0.1, 0.15) is 19.8 Å². The molecule has 1 atom stereocenters. The normalized spacial score (nSPS) is 26.7. The number of hydrogen-bond acceptors (Lipinski definition) is 1. The summed E-state index contributed by atoms with van der Waals surface area (Å²) in [5.41, 5.74) is 2.76. The number of allylic oxidation sites excluding steroid dienone is 3. The number of hydrogen-bond donors (Lipinski definition) is 1. The van der Waals surface area contributed by atoms with E-state index >= 15 is 0 Å². The number of terminal acetylenes is 1. The van der Waals surface area contributed by atoms with Crippen LogP contribution in [0.2, 0.25) is 0 Å². The third-order valence-electron chi connectivity index (χ3n) is 2.54. The maximum Gasteiger partial charge on any atom is 0.0578 e. The predicted octanol–water partition coefficient (Wildman–Crippen LogP) is 2.43. The van der Waals surface area contributed by atoms with Crippen LogP contribution in [0.4, 0.5) is 0 Å². The molecule has 1 N–H and O–H groups in total. The van der Waals surface area contributed by atoms with E-state index < -0.39 is 0 Å². The van der Waals surface area contributed by atoms with Gasteiger partial charge in [0.1, 0.15) is 0 Å². The van der Waals surface area contributed by atoms with Crippen molar-refractivity contribution in [3.05, 3.63) is 36.0 Å². The molecule has 0 aromatic rings. The molecule has 0 amide bonds. The van der Waals surface area contributed by atoms with Crippen LogP contribution in [-0.2, 0) is 0 Å². The minimum absolute atomic E-state index is 0.412. The van der Waals surface area contributed by atoms with E-state index in [4.69, 9.17) is 6.42 Å². The van der Waals surface area contributed by atoms with Gasteiger partial charge in [0, 0.05) is 6.04 Å². The highest BCUT2D eigenvalue weighted by atomic mass is 14.9. The average molecular weight is 187 g/mol. The summed E-state index contributed by atoms with van der Waals surface area (Å²) in [6.45, 7) is 6.45. The largest absolute Gasteiger partial charge is 0.299 e. The summed E-state index contributed by atoms with van der Waals surface area (Å²) in [5, 5.41) is 3.34. The van der Waals surface area contributed by atoms with Crippen LogP contribution in [-0.4, -0.2) is 12.6 Å². The van der Waals surface area contributed by atoms with Gasteiger partial charge in [-0.05, 0) is 30.9 Å². The smallest absolute Gasteiger partial charge is 0.0578 e. The molecule has 1 unspecified atom stereocenters. The summed E-state index contributed by atoms with van der Waals surface area (Å²) in [4.78, 5) is 0. The van der Waals surface area contributed by atoms with Gasteiger partial charge in [0.25, 0.3) is 0 Å². The van der Waals surface area contributed by atoms with Crippen LogP contribution >= 0.6 is 0 Å². The maximum absolute atomic E-state index is 5.23. The van der Waals surface area contributed by atoms with E-state index in [9.17, 15) is 0 Å². The highest BCUT2D eigenvalue weighted by molar-refractivity contribution is 5.41. The van der Waals surface area contributed by atoms with Gasteiger partial charge < -0.3 is 0 Å². The van der Waals surface area contributed by atoms with E-state index in [-0.39, 0.29) is 0 Å². The van der Waals surface area contributed by atoms with Crippen LogP contribution < -0.4 is 5.32 Å². The molecule has 74 valence electrons. The fraction of sp³-hybridized carbons (Fsp3) is 0.385. The molecule has 0 radical (unpaired) electrons. The second kappa shape index (κ2) is 5.47. The molecule has 1 nitrogen and oxygen atoms in total. The first-order valence-corrected chi connectivity index (χ1v) is 4.98. The van der Waals surface area contributed by atoms with E-state index in [1.165, 1.54) is 11.1 Å². The van der Waals surface area contributed by atoms with Gasteiger partial charge in [0.15, 0.2) is 0 Å². The summed E-state index contributed by atoms with van der Waals surface area (Å²) >= 11 is 0. The molecule has 0 spiro atoms. The van der Waals surface area contributed by atoms with Gasteiger partial charge in [-0.1, -0.05) is 30.7 Å². The molecule has 14 heavy (non-hydrogen) atoms. The second-order valence-electron chi connectivity index (χ2n) is 3.35. The zero-order valence-corrected chi connectivity index (χ0v) is 8.72. The monoisotopic (exact) mass is 187 g/mol. The Balaban J connectivity index is 2.74. The minimum atomic E-state index is 0.412.